The molecule has 0 aliphatic carbocycles. The van der Waals surface area contributed by atoms with E-state index in [1.165, 1.54) is 16.9 Å². The van der Waals surface area contributed by atoms with Crippen LogP contribution in [0.15, 0.2) is 30.3 Å². The lowest BCUT2D eigenvalue weighted by Crippen LogP contribution is -2.18. The van der Waals surface area contributed by atoms with Crippen LogP contribution in [-0.4, -0.2) is 20.1 Å². The number of phenolic OH excluding ortho intramolecular Hbond substituents is 1. The minimum atomic E-state index is -0.359. The molecule has 0 bridgehead atoms. The quantitative estimate of drug-likeness (QED) is 0.687. The molecule has 25 heavy (non-hydrogen) atoms. The maximum Gasteiger partial charge on any atom is 0.146 e. The van der Waals surface area contributed by atoms with Crippen molar-refractivity contribution in [3.8, 4) is 11.4 Å². The third-order valence-corrected chi connectivity index (χ3v) is 4.32. The molecule has 1 aromatic heterocycles. The summed E-state index contributed by atoms with van der Waals surface area (Å²) >= 11 is 0. The zero-order valence-electron chi connectivity index (χ0n) is 15.6. The molecule has 0 saturated carbocycles. The van der Waals surface area contributed by atoms with Crippen LogP contribution in [0, 0.1) is 5.82 Å². The van der Waals surface area contributed by atoms with Crippen LogP contribution in [-0.2, 0) is 10.8 Å². The number of fused-ring (bicyclic) bond motifs is 1. The summed E-state index contributed by atoms with van der Waals surface area (Å²) in [6.45, 7) is 12.5. The van der Waals surface area contributed by atoms with Crippen molar-refractivity contribution in [3.63, 3.8) is 0 Å². The van der Waals surface area contributed by atoms with E-state index in [4.69, 9.17) is 0 Å². The first-order valence-corrected chi connectivity index (χ1v) is 8.38. The molecule has 2 aromatic carbocycles. The number of rotatable bonds is 1. The minimum absolute atomic E-state index is 0.0961. The summed E-state index contributed by atoms with van der Waals surface area (Å²) in [5.74, 6) is -0.205. The molecule has 3 aromatic rings. The van der Waals surface area contributed by atoms with Gasteiger partial charge in [-0.05, 0) is 34.6 Å². The molecule has 1 N–H and O–H groups in total. The van der Waals surface area contributed by atoms with Crippen molar-refractivity contribution in [1.29, 1.82) is 0 Å². The first kappa shape index (κ1) is 17.4. The summed E-state index contributed by atoms with van der Waals surface area (Å²) in [5, 5.41) is 19.6. The Bertz CT molecular complexity index is 946. The molecule has 0 unspecified atom stereocenters. The first-order valence-electron chi connectivity index (χ1n) is 8.38. The number of aromatic hydroxyl groups is 1. The molecule has 0 aliphatic heterocycles. The maximum atomic E-state index is 13.4. The Morgan fingerprint density at radius 1 is 0.880 bits per heavy atom. The van der Waals surface area contributed by atoms with Gasteiger partial charge in [-0.25, -0.2) is 4.39 Å². The molecule has 0 atom stereocenters. The molecule has 4 nitrogen and oxygen atoms in total. The van der Waals surface area contributed by atoms with Crippen LogP contribution < -0.4 is 0 Å². The van der Waals surface area contributed by atoms with Gasteiger partial charge in [0.25, 0.3) is 0 Å². The van der Waals surface area contributed by atoms with Crippen molar-refractivity contribution in [1.82, 2.24) is 15.0 Å². The predicted octanol–water partition coefficient (Wildman–Crippen LogP) is 4.86. The standard InChI is InChI=1S/C20H24FN3O/c1-19(2,3)12-9-14(20(4,5)6)18(25)17(10-12)24-22-15-8-7-13(21)11-16(15)23-24/h7-11,25H,1-6H3. The van der Waals surface area contributed by atoms with Gasteiger partial charge < -0.3 is 5.11 Å². The van der Waals surface area contributed by atoms with Crippen molar-refractivity contribution in [2.24, 2.45) is 0 Å². The highest BCUT2D eigenvalue weighted by Gasteiger charge is 2.26. The Hall–Kier alpha value is -2.43. The third kappa shape index (κ3) is 3.23. The maximum absolute atomic E-state index is 13.4. The van der Waals surface area contributed by atoms with E-state index in [-0.39, 0.29) is 22.4 Å². The summed E-state index contributed by atoms with van der Waals surface area (Å²) in [6.07, 6.45) is 0. The molecule has 0 radical (unpaired) electrons. The van der Waals surface area contributed by atoms with Gasteiger partial charge in [-0.2, -0.15) is 0 Å². The summed E-state index contributed by atoms with van der Waals surface area (Å²) in [6, 6.07) is 8.23. The molecule has 5 heteroatoms. The summed E-state index contributed by atoms with van der Waals surface area (Å²) < 4.78 is 13.4. The lowest BCUT2D eigenvalue weighted by atomic mass is 9.80. The van der Waals surface area contributed by atoms with Crippen LogP contribution in [0.4, 0.5) is 4.39 Å². The smallest absolute Gasteiger partial charge is 0.146 e. The highest BCUT2D eigenvalue weighted by molar-refractivity contribution is 5.74. The monoisotopic (exact) mass is 341 g/mol. The van der Waals surface area contributed by atoms with E-state index in [0.717, 1.165) is 11.1 Å². The summed E-state index contributed by atoms with van der Waals surface area (Å²) in [4.78, 5) is 1.39. The largest absolute Gasteiger partial charge is 0.505 e. The van der Waals surface area contributed by atoms with Gasteiger partial charge in [0, 0.05) is 11.6 Å². The zero-order valence-corrected chi connectivity index (χ0v) is 15.6. The van der Waals surface area contributed by atoms with Crippen LogP contribution in [0.1, 0.15) is 52.7 Å². The van der Waals surface area contributed by atoms with Gasteiger partial charge >= 0.3 is 0 Å². The summed E-state index contributed by atoms with van der Waals surface area (Å²) in [5.41, 5.74) is 3.13. The Kier molecular flexibility index (Phi) is 3.86. The Balaban J connectivity index is 2.29. The van der Waals surface area contributed by atoms with Gasteiger partial charge in [0.2, 0.25) is 0 Å². The van der Waals surface area contributed by atoms with Crippen LogP contribution in [0.5, 0.6) is 5.75 Å². The Labute approximate surface area is 147 Å². The highest BCUT2D eigenvalue weighted by atomic mass is 19.1. The number of aromatic nitrogens is 3. The second kappa shape index (κ2) is 5.55. The van der Waals surface area contributed by atoms with Gasteiger partial charge in [-0.1, -0.05) is 47.6 Å². The van der Waals surface area contributed by atoms with E-state index in [0.29, 0.717) is 16.7 Å². The van der Waals surface area contributed by atoms with Crippen LogP contribution >= 0.6 is 0 Å². The molecule has 3 rings (SSSR count). The van der Waals surface area contributed by atoms with Gasteiger partial charge in [-0.3, -0.25) is 0 Å². The zero-order chi connectivity index (χ0) is 18.6. The normalized spacial score (nSPS) is 12.8. The van der Waals surface area contributed by atoms with E-state index < -0.39 is 0 Å². The molecule has 0 fully saturated rings. The van der Waals surface area contributed by atoms with E-state index in [2.05, 4.69) is 51.7 Å². The molecule has 1 heterocycles. The fourth-order valence-corrected chi connectivity index (χ4v) is 2.77. The Morgan fingerprint density at radius 3 is 2.12 bits per heavy atom. The van der Waals surface area contributed by atoms with Gasteiger partial charge in [0.1, 0.15) is 28.3 Å². The van der Waals surface area contributed by atoms with Crippen molar-refractivity contribution in [2.45, 2.75) is 52.4 Å². The number of hydrogen-bond donors (Lipinski definition) is 1. The second-order valence-electron chi connectivity index (χ2n) is 8.51. The molecule has 132 valence electrons. The number of phenols is 1. The van der Waals surface area contributed by atoms with E-state index in [9.17, 15) is 9.50 Å². The molecule has 0 spiro atoms. The minimum Gasteiger partial charge on any atom is -0.505 e. The first-order chi connectivity index (χ1) is 11.5. The van der Waals surface area contributed by atoms with Crippen molar-refractivity contribution in [2.75, 3.05) is 0 Å². The number of nitrogens with zero attached hydrogens (tertiary/aromatic N) is 3. The fourth-order valence-electron chi connectivity index (χ4n) is 2.77. The van der Waals surface area contributed by atoms with Crippen molar-refractivity contribution in [3.05, 3.63) is 47.3 Å². The van der Waals surface area contributed by atoms with Gasteiger partial charge in [-0.15, -0.1) is 15.0 Å². The third-order valence-electron chi connectivity index (χ3n) is 4.32. The summed E-state index contributed by atoms with van der Waals surface area (Å²) in [7, 11) is 0. The molecule has 0 amide bonds. The van der Waals surface area contributed by atoms with Crippen LogP contribution in [0.2, 0.25) is 0 Å². The fraction of sp³-hybridized carbons (Fsp3) is 0.400. The molecular formula is C20H24FN3O. The lowest BCUT2D eigenvalue weighted by molar-refractivity contribution is 0.438. The Morgan fingerprint density at radius 2 is 1.52 bits per heavy atom. The molecule has 0 aliphatic rings. The lowest BCUT2D eigenvalue weighted by Gasteiger charge is -2.27. The van der Waals surface area contributed by atoms with Gasteiger partial charge in [0.15, 0.2) is 0 Å². The SMILES string of the molecule is CC(C)(C)c1cc(-n2nc3ccc(F)cc3n2)c(O)c(C(C)(C)C)c1. The van der Waals surface area contributed by atoms with Crippen LogP contribution in [0.25, 0.3) is 16.7 Å². The molecule has 0 saturated heterocycles. The average molecular weight is 341 g/mol. The predicted molar refractivity (Wildman–Crippen MR) is 97.9 cm³/mol. The van der Waals surface area contributed by atoms with Gasteiger partial charge in [0.05, 0.1) is 0 Å². The van der Waals surface area contributed by atoms with E-state index in [1.54, 1.807) is 6.07 Å². The van der Waals surface area contributed by atoms with Crippen LogP contribution in [0.3, 0.4) is 0 Å². The number of benzene rings is 2. The topological polar surface area (TPSA) is 50.9 Å². The second-order valence-corrected chi connectivity index (χ2v) is 8.51. The van der Waals surface area contributed by atoms with Crippen molar-refractivity contribution >= 4 is 11.0 Å². The van der Waals surface area contributed by atoms with E-state index in [1.807, 2.05) is 12.1 Å². The number of hydrogen-bond acceptors (Lipinski definition) is 3. The van der Waals surface area contributed by atoms with E-state index >= 15 is 0 Å². The van der Waals surface area contributed by atoms with Crippen molar-refractivity contribution < 1.29 is 9.50 Å². The average Bonchev–Trinajstić information content (AvgIpc) is 2.87. The number of halogens is 1. The molecular weight excluding hydrogens is 317 g/mol. The highest BCUT2D eigenvalue weighted by Crippen LogP contribution is 2.39.